The van der Waals surface area contributed by atoms with Crippen LogP contribution in [0.15, 0.2) is 17.1 Å². The van der Waals surface area contributed by atoms with E-state index in [-0.39, 0.29) is 17.0 Å². The van der Waals surface area contributed by atoms with Gasteiger partial charge in [0.2, 0.25) is 5.43 Å². The molecule has 0 spiro atoms. The predicted octanol–water partition coefficient (Wildman–Crippen LogP) is 2.23. The molecule has 0 radical (unpaired) electrons. The summed E-state index contributed by atoms with van der Waals surface area (Å²) in [6.45, 7) is 4.98. The Morgan fingerprint density at radius 1 is 1.23 bits per heavy atom. The van der Waals surface area contributed by atoms with Crippen LogP contribution in [0.3, 0.4) is 0 Å². The van der Waals surface area contributed by atoms with Crippen LogP contribution in [0.2, 0.25) is 0 Å². The number of likely N-dealkylation sites (N-methyl/N-ethyl adjacent to an activating group) is 1. The lowest BCUT2D eigenvalue weighted by molar-refractivity contribution is 0.0695. The molecular formula is C19H22FN3O3. The largest absolute Gasteiger partial charge is 0.477 e. The van der Waals surface area contributed by atoms with Crippen molar-refractivity contribution in [1.29, 1.82) is 0 Å². The van der Waals surface area contributed by atoms with Gasteiger partial charge < -0.3 is 19.5 Å². The van der Waals surface area contributed by atoms with Crippen molar-refractivity contribution in [1.82, 2.24) is 9.47 Å². The molecule has 6 nitrogen and oxygen atoms in total. The molecule has 1 saturated carbocycles. The zero-order valence-electron chi connectivity index (χ0n) is 15.0. The van der Waals surface area contributed by atoms with E-state index in [1.165, 1.54) is 12.3 Å². The van der Waals surface area contributed by atoms with Crippen LogP contribution >= 0.6 is 0 Å². The number of carboxylic acid groups (broad SMARTS) is 1. The summed E-state index contributed by atoms with van der Waals surface area (Å²) in [5.74, 6) is -1.73. The molecule has 1 saturated heterocycles. The number of hydrogen-bond donors (Lipinski definition) is 1. The number of pyridine rings is 1. The van der Waals surface area contributed by atoms with Gasteiger partial charge in [-0.2, -0.15) is 0 Å². The number of rotatable bonds is 3. The number of hydrogen-bond acceptors (Lipinski definition) is 4. The number of carbonyl (C=O) groups is 1. The average molecular weight is 359 g/mol. The molecule has 2 aliphatic rings. The van der Waals surface area contributed by atoms with Crippen LogP contribution in [0.1, 0.15) is 34.8 Å². The summed E-state index contributed by atoms with van der Waals surface area (Å²) in [6, 6.07) is 1.41. The van der Waals surface area contributed by atoms with Crippen molar-refractivity contribution in [3.63, 3.8) is 0 Å². The Balaban J connectivity index is 1.97. The first-order valence-corrected chi connectivity index (χ1v) is 8.93. The second-order valence-corrected chi connectivity index (χ2v) is 7.33. The van der Waals surface area contributed by atoms with Gasteiger partial charge in [-0.1, -0.05) is 0 Å². The summed E-state index contributed by atoms with van der Waals surface area (Å²) in [6.07, 6.45) is 3.32. The molecule has 2 heterocycles. The SMILES string of the molecule is Cc1c(N2CCN(C)CC2)c(F)cc2c(=O)c(C(=O)O)cn(C3CC3)c12. The monoisotopic (exact) mass is 359 g/mol. The zero-order valence-corrected chi connectivity index (χ0v) is 15.0. The van der Waals surface area contributed by atoms with E-state index in [2.05, 4.69) is 4.90 Å². The van der Waals surface area contributed by atoms with E-state index in [4.69, 9.17) is 0 Å². The van der Waals surface area contributed by atoms with Gasteiger partial charge >= 0.3 is 5.97 Å². The molecule has 0 unspecified atom stereocenters. The van der Waals surface area contributed by atoms with Crippen molar-refractivity contribution in [2.75, 3.05) is 38.1 Å². The quantitative estimate of drug-likeness (QED) is 0.910. The summed E-state index contributed by atoms with van der Waals surface area (Å²) in [5, 5.41) is 9.51. The first kappa shape index (κ1) is 17.0. The highest BCUT2D eigenvalue weighted by molar-refractivity contribution is 5.95. The maximum Gasteiger partial charge on any atom is 0.341 e. The lowest BCUT2D eigenvalue weighted by atomic mass is 10.0. The summed E-state index contributed by atoms with van der Waals surface area (Å²) >= 11 is 0. The van der Waals surface area contributed by atoms with Crippen molar-refractivity contribution >= 4 is 22.6 Å². The van der Waals surface area contributed by atoms with Gasteiger partial charge in [-0.15, -0.1) is 0 Å². The van der Waals surface area contributed by atoms with E-state index in [1.54, 1.807) is 0 Å². The zero-order chi connectivity index (χ0) is 18.6. The normalized spacial score (nSPS) is 18.5. The van der Waals surface area contributed by atoms with E-state index in [1.807, 2.05) is 23.4 Å². The maximum atomic E-state index is 15.0. The standard InChI is InChI=1S/C19H22FN3O3/c1-11-16-13(9-15(20)17(11)22-7-5-21(2)6-8-22)18(24)14(19(25)26)10-23(16)12-3-4-12/h9-10,12H,3-8H2,1-2H3,(H,25,26). The molecule has 1 aliphatic heterocycles. The molecule has 0 atom stereocenters. The van der Waals surface area contributed by atoms with Crippen molar-refractivity contribution < 1.29 is 14.3 Å². The average Bonchev–Trinajstić information content (AvgIpc) is 3.42. The minimum atomic E-state index is -1.27. The van der Waals surface area contributed by atoms with Crippen LogP contribution < -0.4 is 10.3 Å². The number of anilines is 1. The lowest BCUT2D eigenvalue weighted by Gasteiger charge is -2.35. The minimum Gasteiger partial charge on any atom is -0.477 e. The number of fused-ring (bicyclic) bond motifs is 1. The van der Waals surface area contributed by atoms with Crippen molar-refractivity contribution in [2.24, 2.45) is 0 Å². The first-order valence-electron chi connectivity index (χ1n) is 8.93. The Hall–Kier alpha value is -2.41. The predicted molar refractivity (Wildman–Crippen MR) is 97.8 cm³/mol. The third-order valence-corrected chi connectivity index (χ3v) is 5.47. The molecule has 7 heteroatoms. The Morgan fingerprint density at radius 3 is 2.46 bits per heavy atom. The second-order valence-electron chi connectivity index (χ2n) is 7.33. The van der Waals surface area contributed by atoms with Gasteiger partial charge in [0.25, 0.3) is 0 Å². The Kier molecular flexibility index (Phi) is 3.99. The highest BCUT2D eigenvalue weighted by Gasteiger charge is 2.30. The number of aromatic nitrogens is 1. The fourth-order valence-corrected chi connectivity index (χ4v) is 3.88. The molecule has 1 N–H and O–H groups in total. The van der Waals surface area contributed by atoms with Gasteiger partial charge in [-0.05, 0) is 38.4 Å². The Labute approximate surface area is 150 Å². The van der Waals surface area contributed by atoms with Crippen LogP contribution in [-0.2, 0) is 0 Å². The van der Waals surface area contributed by atoms with Crippen molar-refractivity contribution in [2.45, 2.75) is 25.8 Å². The van der Waals surface area contributed by atoms with Crippen LogP contribution in [0.5, 0.6) is 0 Å². The number of carboxylic acids is 1. The van der Waals surface area contributed by atoms with E-state index in [9.17, 15) is 19.1 Å². The minimum absolute atomic E-state index is 0.157. The highest BCUT2D eigenvalue weighted by Crippen LogP contribution is 2.40. The highest BCUT2D eigenvalue weighted by atomic mass is 19.1. The third-order valence-electron chi connectivity index (χ3n) is 5.47. The number of piperazine rings is 1. The fraction of sp³-hybridized carbons (Fsp3) is 0.474. The topological polar surface area (TPSA) is 65.8 Å². The van der Waals surface area contributed by atoms with E-state index >= 15 is 0 Å². The van der Waals surface area contributed by atoms with Gasteiger partial charge in [-0.3, -0.25) is 4.79 Å². The number of nitrogens with zero attached hydrogens (tertiary/aromatic N) is 3. The molecule has 1 aliphatic carbocycles. The molecular weight excluding hydrogens is 337 g/mol. The van der Waals surface area contributed by atoms with Crippen LogP contribution in [0.4, 0.5) is 10.1 Å². The maximum absolute atomic E-state index is 15.0. The smallest absolute Gasteiger partial charge is 0.341 e. The number of halogens is 1. The molecule has 2 fully saturated rings. The fourth-order valence-electron chi connectivity index (χ4n) is 3.88. The number of aryl methyl sites for hydroxylation is 1. The Morgan fingerprint density at radius 2 is 1.88 bits per heavy atom. The van der Waals surface area contributed by atoms with E-state index < -0.39 is 17.2 Å². The summed E-state index contributed by atoms with van der Waals surface area (Å²) in [4.78, 5) is 28.3. The molecule has 0 bridgehead atoms. The van der Waals surface area contributed by atoms with Crippen LogP contribution in [0, 0.1) is 12.7 Å². The summed E-state index contributed by atoms with van der Waals surface area (Å²) in [7, 11) is 2.04. The first-order chi connectivity index (χ1) is 12.4. The number of benzene rings is 1. The molecule has 1 aromatic carbocycles. The van der Waals surface area contributed by atoms with Gasteiger partial charge in [0, 0.05) is 43.8 Å². The van der Waals surface area contributed by atoms with Gasteiger partial charge in [0.15, 0.2) is 0 Å². The molecule has 0 amide bonds. The summed E-state index contributed by atoms with van der Waals surface area (Å²) in [5.41, 5.74) is 0.998. The Bertz CT molecular complexity index is 957. The van der Waals surface area contributed by atoms with Gasteiger partial charge in [0.1, 0.15) is 11.4 Å². The van der Waals surface area contributed by atoms with E-state index in [0.717, 1.165) is 39.0 Å². The van der Waals surface area contributed by atoms with Crippen LogP contribution in [-0.4, -0.2) is 53.8 Å². The van der Waals surface area contributed by atoms with Gasteiger partial charge in [-0.25, -0.2) is 9.18 Å². The molecule has 4 rings (SSSR count). The molecule has 2 aromatic rings. The molecule has 26 heavy (non-hydrogen) atoms. The second kappa shape index (κ2) is 6.09. The van der Waals surface area contributed by atoms with Crippen LogP contribution in [0.25, 0.3) is 10.9 Å². The van der Waals surface area contributed by atoms with Crippen molar-refractivity contribution in [3.8, 4) is 0 Å². The summed E-state index contributed by atoms with van der Waals surface area (Å²) < 4.78 is 16.8. The number of aromatic carboxylic acids is 1. The van der Waals surface area contributed by atoms with Crippen molar-refractivity contribution in [3.05, 3.63) is 39.4 Å². The lowest BCUT2D eigenvalue weighted by Crippen LogP contribution is -2.45. The van der Waals surface area contributed by atoms with Gasteiger partial charge in [0.05, 0.1) is 11.2 Å². The molecule has 138 valence electrons. The third kappa shape index (κ3) is 2.67. The van der Waals surface area contributed by atoms with E-state index in [0.29, 0.717) is 16.8 Å². The molecule has 1 aromatic heterocycles.